The topological polar surface area (TPSA) is 73.8 Å². The minimum absolute atomic E-state index is 0.0104. The second-order valence-electron chi connectivity index (χ2n) is 5.15. The van der Waals surface area contributed by atoms with Crippen molar-refractivity contribution in [2.24, 2.45) is 5.73 Å². The molecule has 20 heavy (non-hydrogen) atoms. The molecule has 0 saturated carbocycles. The molecule has 0 aliphatic heterocycles. The summed E-state index contributed by atoms with van der Waals surface area (Å²) >= 11 is 0. The quantitative estimate of drug-likeness (QED) is 0.865. The molecule has 1 aromatic carbocycles. The smallest absolute Gasteiger partial charge is 0.157 e. The average molecular weight is 272 g/mol. The van der Waals surface area contributed by atoms with E-state index in [1.165, 1.54) is 6.33 Å². The van der Waals surface area contributed by atoms with Crippen LogP contribution in [0.25, 0.3) is 0 Å². The summed E-state index contributed by atoms with van der Waals surface area (Å²) in [5, 5.41) is 4.12. The minimum Gasteiger partial charge on any atom is -0.321 e. The van der Waals surface area contributed by atoms with Gasteiger partial charge in [-0.15, -0.1) is 0 Å². The molecular formula is C15H20N4O. The van der Waals surface area contributed by atoms with Gasteiger partial charge in [-0.1, -0.05) is 30.3 Å². The number of nitrogens with zero attached hydrogens (tertiary/aromatic N) is 3. The van der Waals surface area contributed by atoms with Gasteiger partial charge in [-0.3, -0.25) is 4.79 Å². The lowest BCUT2D eigenvalue weighted by Gasteiger charge is -2.12. The van der Waals surface area contributed by atoms with Gasteiger partial charge in [0.15, 0.2) is 5.78 Å². The molecule has 5 nitrogen and oxygen atoms in total. The zero-order chi connectivity index (χ0) is 14.5. The summed E-state index contributed by atoms with van der Waals surface area (Å²) in [6, 6.07) is 9.47. The normalized spacial score (nSPS) is 12.6. The summed E-state index contributed by atoms with van der Waals surface area (Å²) in [6.07, 6.45) is 2.26. The Hall–Kier alpha value is -2.01. The Bertz CT molecular complexity index is 562. The molecule has 1 atom stereocenters. The number of carbonyl (C=O) groups excluding carboxylic acids is 1. The van der Waals surface area contributed by atoms with Crippen LogP contribution in [0, 0.1) is 0 Å². The van der Waals surface area contributed by atoms with Gasteiger partial charge in [-0.25, -0.2) is 9.67 Å². The maximum absolute atomic E-state index is 12.2. The zero-order valence-electron chi connectivity index (χ0n) is 11.9. The van der Waals surface area contributed by atoms with E-state index in [0.29, 0.717) is 12.2 Å². The van der Waals surface area contributed by atoms with Crippen molar-refractivity contribution in [3.63, 3.8) is 0 Å². The lowest BCUT2D eigenvalue weighted by molar-refractivity contribution is -0.119. The van der Waals surface area contributed by atoms with E-state index in [1.54, 1.807) is 4.68 Å². The van der Waals surface area contributed by atoms with E-state index in [4.69, 9.17) is 5.73 Å². The fraction of sp³-hybridized carbons (Fsp3) is 0.400. The number of Topliss-reactive ketones (excluding diaryl/α,β-unsaturated/α-hetero) is 1. The molecule has 0 fully saturated rings. The molecule has 106 valence electrons. The first-order valence-corrected chi connectivity index (χ1v) is 6.78. The highest BCUT2D eigenvalue weighted by Crippen LogP contribution is 2.08. The molecule has 2 aromatic rings. The Labute approximate surface area is 118 Å². The summed E-state index contributed by atoms with van der Waals surface area (Å²) in [4.78, 5) is 16.3. The van der Waals surface area contributed by atoms with Crippen molar-refractivity contribution in [1.82, 2.24) is 14.8 Å². The van der Waals surface area contributed by atoms with Crippen LogP contribution in [0.5, 0.6) is 0 Å². The molecule has 0 amide bonds. The SMILES string of the molecule is CC(C)n1ncnc1CC(=O)C(N)Cc1ccccc1. The number of benzene rings is 1. The number of hydrogen-bond acceptors (Lipinski definition) is 4. The molecular weight excluding hydrogens is 252 g/mol. The van der Waals surface area contributed by atoms with Gasteiger partial charge < -0.3 is 5.73 Å². The maximum Gasteiger partial charge on any atom is 0.157 e. The third kappa shape index (κ3) is 3.51. The fourth-order valence-electron chi connectivity index (χ4n) is 2.10. The van der Waals surface area contributed by atoms with E-state index in [0.717, 1.165) is 5.56 Å². The van der Waals surface area contributed by atoms with E-state index in [1.807, 2.05) is 44.2 Å². The predicted molar refractivity (Wildman–Crippen MR) is 77.2 cm³/mol. The number of rotatable bonds is 6. The highest BCUT2D eigenvalue weighted by molar-refractivity contribution is 5.85. The first kappa shape index (κ1) is 14.4. The minimum atomic E-state index is -0.505. The number of nitrogens with two attached hydrogens (primary N) is 1. The van der Waals surface area contributed by atoms with Crippen LogP contribution in [0.15, 0.2) is 36.7 Å². The van der Waals surface area contributed by atoms with Crippen LogP contribution in [0.1, 0.15) is 31.3 Å². The van der Waals surface area contributed by atoms with Crippen molar-refractivity contribution in [2.45, 2.75) is 38.8 Å². The van der Waals surface area contributed by atoms with E-state index >= 15 is 0 Å². The van der Waals surface area contributed by atoms with Gasteiger partial charge >= 0.3 is 0 Å². The summed E-state index contributed by atoms with van der Waals surface area (Å²) in [7, 11) is 0. The zero-order valence-corrected chi connectivity index (χ0v) is 11.9. The van der Waals surface area contributed by atoms with Crippen LogP contribution in [0.3, 0.4) is 0 Å². The highest BCUT2D eigenvalue weighted by Gasteiger charge is 2.18. The number of carbonyl (C=O) groups is 1. The van der Waals surface area contributed by atoms with Gasteiger partial charge in [-0.05, 0) is 25.8 Å². The Morgan fingerprint density at radius 3 is 2.65 bits per heavy atom. The van der Waals surface area contributed by atoms with Gasteiger partial charge in [-0.2, -0.15) is 5.10 Å². The lowest BCUT2D eigenvalue weighted by Crippen LogP contribution is -2.34. The van der Waals surface area contributed by atoms with Crippen molar-refractivity contribution in [1.29, 1.82) is 0 Å². The molecule has 1 unspecified atom stereocenters. The number of aromatic nitrogens is 3. The predicted octanol–water partition coefficient (Wildman–Crippen LogP) is 1.54. The molecule has 0 saturated heterocycles. The fourth-order valence-corrected chi connectivity index (χ4v) is 2.10. The van der Waals surface area contributed by atoms with Crippen LogP contribution in [-0.2, 0) is 17.6 Å². The average Bonchev–Trinajstić information content (AvgIpc) is 2.88. The Balaban J connectivity index is 1.99. The molecule has 0 spiro atoms. The third-order valence-corrected chi connectivity index (χ3v) is 3.18. The van der Waals surface area contributed by atoms with Gasteiger partial charge in [0.2, 0.25) is 0 Å². The van der Waals surface area contributed by atoms with Crippen molar-refractivity contribution in [3.05, 3.63) is 48.0 Å². The van der Waals surface area contributed by atoms with Crippen LogP contribution in [-0.4, -0.2) is 26.6 Å². The molecule has 1 aromatic heterocycles. The van der Waals surface area contributed by atoms with Crippen LogP contribution in [0.2, 0.25) is 0 Å². The molecule has 0 aliphatic carbocycles. The largest absolute Gasteiger partial charge is 0.321 e. The number of ketones is 1. The van der Waals surface area contributed by atoms with Crippen molar-refractivity contribution >= 4 is 5.78 Å². The van der Waals surface area contributed by atoms with Gasteiger partial charge in [0, 0.05) is 6.04 Å². The third-order valence-electron chi connectivity index (χ3n) is 3.18. The molecule has 2 rings (SSSR count). The van der Waals surface area contributed by atoms with Crippen LogP contribution >= 0.6 is 0 Å². The first-order chi connectivity index (χ1) is 9.58. The summed E-state index contributed by atoms with van der Waals surface area (Å²) < 4.78 is 1.76. The van der Waals surface area contributed by atoms with Crippen molar-refractivity contribution < 1.29 is 4.79 Å². The lowest BCUT2D eigenvalue weighted by atomic mass is 10.0. The molecule has 0 bridgehead atoms. The summed E-state index contributed by atoms with van der Waals surface area (Å²) in [5.74, 6) is 0.664. The van der Waals surface area contributed by atoms with Crippen LogP contribution in [0.4, 0.5) is 0 Å². The van der Waals surface area contributed by atoms with E-state index < -0.39 is 6.04 Å². The summed E-state index contributed by atoms with van der Waals surface area (Å²) in [5.41, 5.74) is 7.05. The maximum atomic E-state index is 12.2. The van der Waals surface area contributed by atoms with E-state index in [2.05, 4.69) is 10.1 Å². The Kier molecular flexibility index (Phi) is 4.63. The van der Waals surface area contributed by atoms with Crippen LogP contribution < -0.4 is 5.73 Å². The van der Waals surface area contributed by atoms with Crippen molar-refractivity contribution in [2.75, 3.05) is 0 Å². The van der Waals surface area contributed by atoms with E-state index in [9.17, 15) is 4.79 Å². The second kappa shape index (κ2) is 6.43. The monoisotopic (exact) mass is 272 g/mol. The highest BCUT2D eigenvalue weighted by atomic mass is 16.1. The molecule has 5 heteroatoms. The first-order valence-electron chi connectivity index (χ1n) is 6.78. The Morgan fingerprint density at radius 2 is 2.00 bits per heavy atom. The molecule has 0 aliphatic rings. The number of hydrogen-bond donors (Lipinski definition) is 1. The van der Waals surface area contributed by atoms with E-state index in [-0.39, 0.29) is 18.2 Å². The van der Waals surface area contributed by atoms with Gasteiger partial charge in [0.05, 0.1) is 12.5 Å². The molecule has 0 radical (unpaired) electrons. The standard InChI is InChI=1S/C15H20N4O/c1-11(2)19-15(17-10-18-19)9-14(20)13(16)8-12-6-4-3-5-7-12/h3-7,10-11,13H,8-9,16H2,1-2H3. The summed E-state index contributed by atoms with van der Waals surface area (Å²) in [6.45, 7) is 4.01. The van der Waals surface area contributed by atoms with Gasteiger partial charge in [0.25, 0.3) is 0 Å². The molecule has 2 N–H and O–H groups in total. The van der Waals surface area contributed by atoms with Gasteiger partial charge in [0.1, 0.15) is 12.2 Å². The van der Waals surface area contributed by atoms with Crippen molar-refractivity contribution in [3.8, 4) is 0 Å². The Morgan fingerprint density at radius 1 is 1.30 bits per heavy atom. The molecule has 1 heterocycles. The second-order valence-corrected chi connectivity index (χ2v) is 5.15.